The van der Waals surface area contributed by atoms with E-state index in [-0.39, 0.29) is 0 Å². The molecule has 0 amide bonds. The molecule has 2 heterocycles. The van der Waals surface area contributed by atoms with Gasteiger partial charge < -0.3 is 5.32 Å². The summed E-state index contributed by atoms with van der Waals surface area (Å²) in [6, 6.07) is 2.02. The third-order valence-electron chi connectivity index (χ3n) is 2.66. The van der Waals surface area contributed by atoms with Crippen LogP contribution >= 0.6 is 0 Å². The highest BCUT2D eigenvalue weighted by molar-refractivity contribution is 5.20. The fraction of sp³-hybridized carbons (Fsp3) is 0.462. The van der Waals surface area contributed by atoms with Gasteiger partial charge in [-0.2, -0.15) is 5.10 Å². The second kappa shape index (κ2) is 5.73. The minimum Gasteiger partial charge on any atom is -0.311 e. The van der Waals surface area contributed by atoms with Crippen LogP contribution in [0, 0.1) is 0 Å². The van der Waals surface area contributed by atoms with E-state index in [1.54, 1.807) is 17.1 Å². The molecule has 1 N–H and O–H groups in total. The number of nitrogens with one attached hydrogen (secondary N) is 1. The molecular formula is C13H19N5. The maximum absolute atomic E-state index is 4.53. The molecule has 0 radical (unpaired) electrons. The molecule has 0 bridgehead atoms. The van der Waals surface area contributed by atoms with Gasteiger partial charge in [-0.05, 0) is 18.5 Å². The zero-order chi connectivity index (χ0) is 13.0. The zero-order valence-corrected chi connectivity index (χ0v) is 11.1. The van der Waals surface area contributed by atoms with E-state index >= 15 is 0 Å². The molecule has 2 aromatic heterocycles. The maximum Gasteiger partial charge on any atom is 0.172 e. The predicted molar refractivity (Wildman–Crippen MR) is 70.6 cm³/mol. The molecule has 5 nitrogen and oxygen atoms in total. The van der Waals surface area contributed by atoms with Crippen LogP contribution in [-0.4, -0.2) is 26.3 Å². The van der Waals surface area contributed by atoms with Crippen LogP contribution in [-0.2, 0) is 6.54 Å². The van der Waals surface area contributed by atoms with E-state index in [1.807, 2.05) is 12.3 Å². The minimum atomic E-state index is 0.421. The molecule has 0 spiro atoms. The van der Waals surface area contributed by atoms with E-state index in [0.717, 1.165) is 30.3 Å². The lowest BCUT2D eigenvalue weighted by Gasteiger charge is -2.04. The normalized spacial score (nSPS) is 11.1. The molecule has 0 fully saturated rings. The first-order chi connectivity index (χ1) is 8.70. The Bertz CT molecular complexity index is 504. The van der Waals surface area contributed by atoms with Crippen molar-refractivity contribution in [2.75, 3.05) is 6.54 Å². The number of hydrogen-bond acceptors (Lipinski definition) is 4. The van der Waals surface area contributed by atoms with E-state index in [1.165, 1.54) is 0 Å². The van der Waals surface area contributed by atoms with Crippen LogP contribution in [0.15, 0.2) is 24.7 Å². The highest BCUT2D eigenvalue weighted by Gasteiger charge is 2.06. The van der Waals surface area contributed by atoms with Crippen molar-refractivity contribution in [1.29, 1.82) is 0 Å². The lowest BCUT2D eigenvalue weighted by atomic mass is 10.1. The Hall–Kier alpha value is -1.75. The lowest BCUT2D eigenvalue weighted by molar-refractivity contribution is 0.695. The van der Waals surface area contributed by atoms with Gasteiger partial charge in [0.2, 0.25) is 0 Å². The van der Waals surface area contributed by atoms with Gasteiger partial charge in [-0.25, -0.2) is 9.67 Å². The van der Waals surface area contributed by atoms with Crippen LogP contribution in [0.3, 0.4) is 0 Å². The van der Waals surface area contributed by atoms with Crippen molar-refractivity contribution >= 4 is 0 Å². The van der Waals surface area contributed by atoms with Crippen molar-refractivity contribution in [3.63, 3.8) is 0 Å². The second-order valence-corrected chi connectivity index (χ2v) is 4.49. The van der Waals surface area contributed by atoms with E-state index in [0.29, 0.717) is 5.92 Å². The number of hydrogen-bond donors (Lipinski definition) is 1. The van der Waals surface area contributed by atoms with E-state index in [9.17, 15) is 0 Å². The lowest BCUT2D eigenvalue weighted by Crippen LogP contribution is -2.14. The van der Waals surface area contributed by atoms with Gasteiger partial charge in [0, 0.05) is 18.9 Å². The van der Waals surface area contributed by atoms with Gasteiger partial charge in [0.15, 0.2) is 5.82 Å². The summed E-state index contributed by atoms with van der Waals surface area (Å²) in [5.74, 6) is 1.18. The average molecular weight is 245 g/mol. The molecule has 0 aliphatic rings. The molecule has 0 aromatic carbocycles. The zero-order valence-electron chi connectivity index (χ0n) is 11.1. The Labute approximate surface area is 107 Å². The van der Waals surface area contributed by atoms with Crippen LogP contribution < -0.4 is 5.32 Å². The van der Waals surface area contributed by atoms with Gasteiger partial charge in [-0.15, -0.1) is 0 Å². The third kappa shape index (κ3) is 2.92. The molecule has 2 rings (SSSR count). The summed E-state index contributed by atoms with van der Waals surface area (Å²) in [6.45, 7) is 7.97. The second-order valence-electron chi connectivity index (χ2n) is 4.49. The first-order valence-corrected chi connectivity index (χ1v) is 6.28. The van der Waals surface area contributed by atoms with Gasteiger partial charge in [-0.1, -0.05) is 20.8 Å². The van der Waals surface area contributed by atoms with Crippen molar-refractivity contribution < 1.29 is 0 Å². The molecule has 0 aliphatic carbocycles. The summed E-state index contributed by atoms with van der Waals surface area (Å²) in [4.78, 5) is 8.73. The molecule has 0 saturated carbocycles. The quantitative estimate of drug-likeness (QED) is 0.874. The largest absolute Gasteiger partial charge is 0.311 e. The Morgan fingerprint density at radius 2 is 2.17 bits per heavy atom. The van der Waals surface area contributed by atoms with E-state index in [4.69, 9.17) is 0 Å². The minimum absolute atomic E-state index is 0.421. The fourth-order valence-electron chi connectivity index (χ4n) is 1.62. The molecule has 0 aliphatic heterocycles. The van der Waals surface area contributed by atoms with Gasteiger partial charge in [0.1, 0.15) is 0 Å². The monoisotopic (exact) mass is 245 g/mol. The summed E-state index contributed by atoms with van der Waals surface area (Å²) in [5, 5.41) is 7.73. The first kappa shape index (κ1) is 12.7. The summed E-state index contributed by atoms with van der Waals surface area (Å²) >= 11 is 0. The third-order valence-corrected chi connectivity index (χ3v) is 2.66. The molecule has 5 heteroatoms. The Balaban J connectivity index is 2.21. The predicted octanol–water partition coefficient (Wildman–Crippen LogP) is 1.90. The van der Waals surface area contributed by atoms with Crippen LogP contribution in [0.2, 0.25) is 0 Å². The van der Waals surface area contributed by atoms with Crippen molar-refractivity contribution in [2.45, 2.75) is 33.2 Å². The smallest absolute Gasteiger partial charge is 0.172 e. The van der Waals surface area contributed by atoms with Gasteiger partial charge in [-0.3, -0.25) is 4.98 Å². The SMILES string of the molecule is CCNCc1cncc(-n2ccc(C(C)C)n2)n1. The summed E-state index contributed by atoms with van der Waals surface area (Å²) in [5.41, 5.74) is 1.99. The molecule has 96 valence electrons. The Kier molecular flexibility index (Phi) is 4.04. The van der Waals surface area contributed by atoms with E-state index < -0.39 is 0 Å². The topological polar surface area (TPSA) is 55.6 Å². The summed E-state index contributed by atoms with van der Waals surface area (Å²) in [7, 11) is 0. The van der Waals surface area contributed by atoms with Crippen molar-refractivity contribution in [1.82, 2.24) is 25.1 Å². The van der Waals surface area contributed by atoms with Gasteiger partial charge >= 0.3 is 0 Å². The number of nitrogens with zero attached hydrogens (tertiary/aromatic N) is 4. The molecule has 2 aromatic rings. The van der Waals surface area contributed by atoms with Crippen LogP contribution in [0.25, 0.3) is 5.82 Å². The highest BCUT2D eigenvalue weighted by atomic mass is 15.3. The molecule has 18 heavy (non-hydrogen) atoms. The van der Waals surface area contributed by atoms with Crippen LogP contribution in [0.4, 0.5) is 0 Å². The average Bonchev–Trinajstić information content (AvgIpc) is 2.86. The summed E-state index contributed by atoms with van der Waals surface area (Å²) in [6.07, 6.45) is 5.43. The van der Waals surface area contributed by atoms with E-state index in [2.05, 4.69) is 41.2 Å². The first-order valence-electron chi connectivity index (χ1n) is 6.28. The molecule has 0 saturated heterocycles. The molecule has 0 unspecified atom stereocenters. The Morgan fingerprint density at radius 3 is 2.83 bits per heavy atom. The van der Waals surface area contributed by atoms with Crippen molar-refractivity contribution in [3.8, 4) is 5.82 Å². The van der Waals surface area contributed by atoms with Crippen LogP contribution in [0.5, 0.6) is 0 Å². The fourth-order valence-corrected chi connectivity index (χ4v) is 1.62. The molecule has 0 atom stereocenters. The van der Waals surface area contributed by atoms with Crippen molar-refractivity contribution in [3.05, 3.63) is 36.0 Å². The Morgan fingerprint density at radius 1 is 1.33 bits per heavy atom. The molecular weight excluding hydrogens is 226 g/mol. The van der Waals surface area contributed by atoms with Gasteiger partial charge in [0.05, 0.1) is 17.6 Å². The van der Waals surface area contributed by atoms with Crippen molar-refractivity contribution in [2.24, 2.45) is 0 Å². The van der Waals surface area contributed by atoms with Crippen LogP contribution in [0.1, 0.15) is 38.1 Å². The summed E-state index contributed by atoms with van der Waals surface area (Å²) < 4.78 is 1.78. The maximum atomic E-state index is 4.53. The van der Waals surface area contributed by atoms with Gasteiger partial charge in [0.25, 0.3) is 0 Å². The number of rotatable bonds is 5. The highest BCUT2D eigenvalue weighted by Crippen LogP contribution is 2.12. The standard InChI is InChI=1S/C13H19N5/c1-4-14-7-11-8-15-9-13(16-11)18-6-5-12(17-18)10(2)3/h5-6,8-10,14H,4,7H2,1-3H3. The number of aromatic nitrogens is 4.